The Hall–Kier alpha value is -0.690. The van der Waals surface area contributed by atoms with Crippen LogP contribution in [-0.4, -0.2) is 10.5 Å². The van der Waals surface area contributed by atoms with E-state index < -0.39 is 0 Å². The predicted octanol–water partition coefficient (Wildman–Crippen LogP) is 2.95. The summed E-state index contributed by atoms with van der Waals surface area (Å²) in [7, 11) is 0. The van der Waals surface area contributed by atoms with Crippen molar-refractivity contribution in [3.63, 3.8) is 0 Å². The molecule has 0 amide bonds. The Labute approximate surface area is 78.0 Å². The molecule has 2 heteroatoms. The van der Waals surface area contributed by atoms with Gasteiger partial charge in [-0.1, -0.05) is 25.1 Å². The van der Waals surface area contributed by atoms with E-state index in [-0.39, 0.29) is 5.38 Å². The predicted molar refractivity (Wildman–Crippen MR) is 51.7 cm³/mol. The molecule has 0 spiro atoms. The van der Waals surface area contributed by atoms with Gasteiger partial charge in [0, 0.05) is 5.38 Å². The van der Waals surface area contributed by atoms with Crippen LogP contribution in [0, 0.1) is 0 Å². The van der Waals surface area contributed by atoms with E-state index in [0.717, 1.165) is 18.4 Å². The van der Waals surface area contributed by atoms with Gasteiger partial charge in [0.1, 0.15) is 5.75 Å². The molecule has 0 aromatic heterocycles. The van der Waals surface area contributed by atoms with Crippen LogP contribution in [0.3, 0.4) is 0 Å². The van der Waals surface area contributed by atoms with Crippen LogP contribution in [0.2, 0.25) is 0 Å². The van der Waals surface area contributed by atoms with Crippen LogP contribution in [-0.2, 0) is 6.42 Å². The smallest absolute Gasteiger partial charge is 0.118 e. The first-order valence-electron chi connectivity index (χ1n) is 4.15. The van der Waals surface area contributed by atoms with Crippen LogP contribution in [0.25, 0.3) is 0 Å². The molecule has 0 radical (unpaired) electrons. The average molecular weight is 185 g/mol. The Morgan fingerprint density at radius 1 is 1.42 bits per heavy atom. The summed E-state index contributed by atoms with van der Waals surface area (Å²) in [6, 6.07) is 7.32. The molecule has 0 aliphatic heterocycles. The molecule has 1 unspecified atom stereocenters. The van der Waals surface area contributed by atoms with E-state index in [1.54, 1.807) is 6.07 Å². The number of para-hydroxylation sites is 1. The number of phenolic OH excluding ortho intramolecular Hbond substituents is 1. The molecule has 0 aliphatic rings. The highest BCUT2D eigenvalue weighted by Crippen LogP contribution is 2.20. The maximum atomic E-state index is 9.40. The molecule has 0 aliphatic carbocycles. The van der Waals surface area contributed by atoms with E-state index in [2.05, 4.69) is 0 Å². The molecule has 0 saturated carbocycles. The zero-order valence-corrected chi connectivity index (χ0v) is 7.88. The molecule has 0 bridgehead atoms. The number of rotatable bonds is 3. The van der Waals surface area contributed by atoms with Gasteiger partial charge in [-0.05, 0) is 24.5 Å². The summed E-state index contributed by atoms with van der Waals surface area (Å²) in [6.07, 6.45) is 1.67. The lowest BCUT2D eigenvalue weighted by atomic mass is 10.1. The first-order chi connectivity index (χ1) is 5.74. The zero-order valence-electron chi connectivity index (χ0n) is 7.13. The van der Waals surface area contributed by atoms with Crippen LogP contribution in [0.5, 0.6) is 5.75 Å². The maximum absolute atomic E-state index is 9.40. The highest BCUT2D eigenvalue weighted by atomic mass is 35.5. The summed E-state index contributed by atoms with van der Waals surface area (Å²) >= 11 is 5.96. The molecule has 0 saturated heterocycles. The Balaban J connectivity index is 2.69. The number of hydrogen-bond donors (Lipinski definition) is 1. The van der Waals surface area contributed by atoms with Crippen LogP contribution < -0.4 is 0 Å². The molecule has 1 N–H and O–H groups in total. The van der Waals surface area contributed by atoms with E-state index in [1.165, 1.54) is 0 Å². The van der Waals surface area contributed by atoms with Crippen molar-refractivity contribution < 1.29 is 5.11 Å². The minimum atomic E-state index is 0.123. The third kappa shape index (κ3) is 2.42. The van der Waals surface area contributed by atoms with Gasteiger partial charge in [0.2, 0.25) is 0 Å². The number of halogens is 1. The van der Waals surface area contributed by atoms with E-state index in [1.807, 2.05) is 25.1 Å². The topological polar surface area (TPSA) is 20.2 Å². The van der Waals surface area contributed by atoms with Crippen LogP contribution in [0.4, 0.5) is 0 Å². The number of benzene rings is 1. The molecule has 1 nitrogen and oxygen atoms in total. The van der Waals surface area contributed by atoms with E-state index >= 15 is 0 Å². The molecular formula is C10H13ClO. The lowest BCUT2D eigenvalue weighted by molar-refractivity contribution is 0.467. The fourth-order valence-electron chi connectivity index (χ4n) is 1.07. The fraction of sp³-hybridized carbons (Fsp3) is 0.400. The number of hydrogen-bond acceptors (Lipinski definition) is 1. The first-order valence-corrected chi connectivity index (χ1v) is 4.58. The fourth-order valence-corrected chi connectivity index (χ4v) is 1.23. The Bertz CT molecular complexity index is 247. The van der Waals surface area contributed by atoms with Gasteiger partial charge in [0.05, 0.1) is 0 Å². The Morgan fingerprint density at radius 3 is 2.67 bits per heavy atom. The second kappa shape index (κ2) is 4.36. The van der Waals surface area contributed by atoms with Gasteiger partial charge < -0.3 is 5.11 Å². The molecular weight excluding hydrogens is 172 g/mol. The molecule has 0 fully saturated rings. The van der Waals surface area contributed by atoms with Gasteiger partial charge in [0.25, 0.3) is 0 Å². The van der Waals surface area contributed by atoms with Crippen LogP contribution >= 0.6 is 11.6 Å². The monoisotopic (exact) mass is 184 g/mol. The van der Waals surface area contributed by atoms with E-state index in [4.69, 9.17) is 11.6 Å². The lowest BCUT2D eigenvalue weighted by Crippen LogP contribution is -2.00. The molecule has 1 rings (SSSR count). The summed E-state index contributed by atoms with van der Waals surface area (Å²) < 4.78 is 0. The third-order valence-electron chi connectivity index (χ3n) is 1.88. The Kier molecular flexibility index (Phi) is 3.42. The van der Waals surface area contributed by atoms with Crippen LogP contribution in [0.15, 0.2) is 24.3 Å². The third-order valence-corrected chi connectivity index (χ3v) is 2.34. The number of phenols is 1. The normalized spacial score (nSPS) is 12.8. The Morgan fingerprint density at radius 2 is 2.08 bits per heavy atom. The van der Waals surface area contributed by atoms with Crippen molar-refractivity contribution in [3.8, 4) is 5.75 Å². The summed E-state index contributed by atoms with van der Waals surface area (Å²) in [4.78, 5) is 0. The molecule has 1 atom stereocenters. The largest absolute Gasteiger partial charge is 0.508 e. The maximum Gasteiger partial charge on any atom is 0.118 e. The van der Waals surface area contributed by atoms with Crippen molar-refractivity contribution in [3.05, 3.63) is 29.8 Å². The van der Waals surface area contributed by atoms with Gasteiger partial charge in [-0.3, -0.25) is 0 Å². The van der Waals surface area contributed by atoms with E-state index in [0.29, 0.717) is 5.75 Å². The minimum absolute atomic E-state index is 0.123. The van der Waals surface area contributed by atoms with Crippen molar-refractivity contribution in [1.82, 2.24) is 0 Å². The molecule has 12 heavy (non-hydrogen) atoms. The van der Waals surface area contributed by atoms with Crippen molar-refractivity contribution >= 4 is 11.6 Å². The number of aromatic hydroxyl groups is 1. The summed E-state index contributed by atoms with van der Waals surface area (Å²) in [5.74, 6) is 0.344. The zero-order chi connectivity index (χ0) is 8.97. The summed E-state index contributed by atoms with van der Waals surface area (Å²) in [5, 5.41) is 9.52. The van der Waals surface area contributed by atoms with Crippen LogP contribution in [0.1, 0.15) is 18.9 Å². The summed E-state index contributed by atoms with van der Waals surface area (Å²) in [6.45, 7) is 2.04. The van der Waals surface area contributed by atoms with Gasteiger partial charge in [-0.2, -0.15) is 0 Å². The summed E-state index contributed by atoms with van der Waals surface area (Å²) in [5.41, 5.74) is 0.930. The standard InChI is InChI=1S/C10H13ClO/c1-2-9(11)7-8-5-3-4-6-10(8)12/h3-6,9,12H,2,7H2,1H3. The highest BCUT2D eigenvalue weighted by Gasteiger charge is 2.05. The van der Waals surface area contributed by atoms with Crippen molar-refractivity contribution in [2.45, 2.75) is 25.1 Å². The van der Waals surface area contributed by atoms with Crippen molar-refractivity contribution in [1.29, 1.82) is 0 Å². The quantitative estimate of drug-likeness (QED) is 0.717. The molecule has 1 aromatic rings. The van der Waals surface area contributed by atoms with Gasteiger partial charge in [0.15, 0.2) is 0 Å². The van der Waals surface area contributed by atoms with Crippen molar-refractivity contribution in [2.24, 2.45) is 0 Å². The minimum Gasteiger partial charge on any atom is -0.508 e. The average Bonchev–Trinajstić information content (AvgIpc) is 2.09. The van der Waals surface area contributed by atoms with Gasteiger partial charge >= 0.3 is 0 Å². The second-order valence-corrected chi connectivity index (χ2v) is 3.46. The molecule has 1 aromatic carbocycles. The molecule has 0 heterocycles. The first kappa shape index (κ1) is 9.40. The van der Waals surface area contributed by atoms with Gasteiger partial charge in [-0.15, -0.1) is 11.6 Å². The van der Waals surface area contributed by atoms with Crippen molar-refractivity contribution in [2.75, 3.05) is 0 Å². The molecule has 66 valence electrons. The van der Waals surface area contributed by atoms with Gasteiger partial charge in [-0.25, -0.2) is 0 Å². The van der Waals surface area contributed by atoms with E-state index in [9.17, 15) is 5.11 Å². The highest BCUT2D eigenvalue weighted by molar-refractivity contribution is 6.20. The lowest BCUT2D eigenvalue weighted by Gasteiger charge is -2.07. The SMILES string of the molecule is CCC(Cl)Cc1ccccc1O. The number of alkyl halides is 1. The second-order valence-electron chi connectivity index (χ2n) is 2.84.